The fourth-order valence-electron chi connectivity index (χ4n) is 1.45. The molecule has 0 spiro atoms. The van der Waals surface area contributed by atoms with E-state index in [9.17, 15) is 15.3 Å². The molecule has 0 bridgehead atoms. The highest BCUT2D eigenvalue weighted by atomic mass is 16.7. The summed E-state index contributed by atoms with van der Waals surface area (Å²) >= 11 is 0. The first kappa shape index (κ1) is 12.8. The van der Waals surface area contributed by atoms with E-state index in [4.69, 9.17) is 14.6 Å². The molecule has 6 heteroatoms. The zero-order valence-electron chi connectivity index (χ0n) is 8.78. The van der Waals surface area contributed by atoms with Gasteiger partial charge in [-0.2, -0.15) is 0 Å². The average molecular weight is 222 g/mol. The van der Waals surface area contributed by atoms with Gasteiger partial charge in [-0.15, -0.1) is 0 Å². The van der Waals surface area contributed by atoms with Gasteiger partial charge in [-0.3, -0.25) is 0 Å². The maximum Gasteiger partial charge on any atom is 0.186 e. The molecule has 6 nitrogen and oxygen atoms in total. The van der Waals surface area contributed by atoms with Crippen molar-refractivity contribution in [1.29, 1.82) is 0 Å². The van der Waals surface area contributed by atoms with Gasteiger partial charge in [0.1, 0.15) is 24.4 Å². The summed E-state index contributed by atoms with van der Waals surface area (Å²) < 4.78 is 10.3. The maximum absolute atomic E-state index is 9.53. The number of ether oxygens (including phenoxy) is 2. The van der Waals surface area contributed by atoms with Crippen LogP contribution in [0.15, 0.2) is 0 Å². The van der Waals surface area contributed by atoms with E-state index < -0.39 is 37.3 Å². The zero-order valence-corrected chi connectivity index (χ0v) is 8.78. The highest BCUT2D eigenvalue weighted by Gasteiger charge is 2.44. The molecule has 0 aromatic heterocycles. The van der Waals surface area contributed by atoms with Gasteiger partial charge < -0.3 is 29.9 Å². The smallest absolute Gasteiger partial charge is 0.186 e. The molecule has 1 fully saturated rings. The van der Waals surface area contributed by atoms with Crippen molar-refractivity contribution in [3.63, 3.8) is 0 Å². The van der Waals surface area contributed by atoms with Crippen LogP contribution in [-0.4, -0.2) is 63.8 Å². The lowest BCUT2D eigenvalue weighted by atomic mass is 9.99. The fourth-order valence-corrected chi connectivity index (χ4v) is 1.45. The van der Waals surface area contributed by atoms with Crippen LogP contribution in [-0.2, 0) is 9.47 Å². The van der Waals surface area contributed by atoms with Gasteiger partial charge in [-0.1, -0.05) is 0 Å². The number of rotatable bonds is 3. The third-order valence-corrected chi connectivity index (χ3v) is 2.25. The van der Waals surface area contributed by atoms with Crippen LogP contribution in [0.3, 0.4) is 0 Å². The molecule has 4 N–H and O–H groups in total. The van der Waals surface area contributed by atoms with Crippen molar-refractivity contribution in [2.24, 2.45) is 0 Å². The molecule has 5 atom stereocenters. The number of aliphatic hydroxyl groups is 4. The van der Waals surface area contributed by atoms with Gasteiger partial charge in [-0.05, 0) is 13.8 Å². The molecule has 1 heterocycles. The van der Waals surface area contributed by atoms with Gasteiger partial charge >= 0.3 is 0 Å². The van der Waals surface area contributed by atoms with E-state index in [1.807, 2.05) is 0 Å². The Hall–Kier alpha value is -0.240. The van der Waals surface area contributed by atoms with Gasteiger partial charge in [0.15, 0.2) is 6.29 Å². The van der Waals surface area contributed by atoms with Gasteiger partial charge in [-0.25, -0.2) is 0 Å². The van der Waals surface area contributed by atoms with Crippen LogP contribution in [0.4, 0.5) is 0 Å². The van der Waals surface area contributed by atoms with Crippen molar-refractivity contribution in [3.8, 4) is 0 Å². The number of aliphatic hydroxyl groups excluding tert-OH is 4. The summed E-state index contributed by atoms with van der Waals surface area (Å²) in [6, 6.07) is 0. The molecular formula is C9H18O6. The van der Waals surface area contributed by atoms with Crippen molar-refractivity contribution in [2.45, 2.75) is 50.7 Å². The van der Waals surface area contributed by atoms with E-state index in [-0.39, 0.29) is 6.10 Å². The van der Waals surface area contributed by atoms with Gasteiger partial charge in [0.25, 0.3) is 0 Å². The lowest BCUT2D eigenvalue weighted by Crippen LogP contribution is -2.59. The van der Waals surface area contributed by atoms with Crippen LogP contribution >= 0.6 is 0 Å². The van der Waals surface area contributed by atoms with Gasteiger partial charge in [0, 0.05) is 0 Å². The summed E-state index contributed by atoms with van der Waals surface area (Å²) in [6.07, 6.45) is -6.15. The van der Waals surface area contributed by atoms with Crippen LogP contribution in [0, 0.1) is 0 Å². The Bertz CT molecular complexity index is 195. The Kier molecular flexibility index (Phi) is 4.45. The van der Waals surface area contributed by atoms with Crippen molar-refractivity contribution in [3.05, 3.63) is 0 Å². The van der Waals surface area contributed by atoms with Crippen LogP contribution in [0.1, 0.15) is 13.8 Å². The fraction of sp³-hybridized carbons (Fsp3) is 1.00. The summed E-state index contributed by atoms with van der Waals surface area (Å²) in [5.41, 5.74) is 0. The molecule has 1 aliphatic rings. The second-order valence-electron chi connectivity index (χ2n) is 3.88. The molecular weight excluding hydrogens is 204 g/mol. The molecule has 0 aliphatic carbocycles. The van der Waals surface area contributed by atoms with Gasteiger partial charge in [0.05, 0.1) is 12.7 Å². The molecule has 1 rings (SSSR count). The molecule has 1 saturated heterocycles. The minimum atomic E-state index is -1.38. The first-order valence-corrected chi connectivity index (χ1v) is 4.93. The molecule has 0 radical (unpaired) electrons. The molecule has 0 aromatic rings. The van der Waals surface area contributed by atoms with Crippen LogP contribution in [0.2, 0.25) is 0 Å². The highest BCUT2D eigenvalue weighted by molar-refractivity contribution is 4.88. The first-order valence-electron chi connectivity index (χ1n) is 4.93. The highest BCUT2D eigenvalue weighted by Crippen LogP contribution is 2.22. The second-order valence-corrected chi connectivity index (χ2v) is 3.88. The number of hydrogen-bond acceptors (Lipinski definition) is 6. The molecule has 15 heavy (non-hydrogen) atoms. The average Bonchev–Trinajstić information content (AvgIpc) is 2.18. The Labute approximate surface area is 88.1 Å². The lowest BCUT2D eigenvalue weighted by Gasteiger charge is -2.40. The summed E-state index contributed by atoms with van der Waals surface area (Å²) in [7, 11) is 0. The monoisotopic (exact) mass is 222 g/mol. The van der Waals surface area contributed by atoms with Gasteiger partial charge in [0.2, 0.25) is 0 Å². The molecule has 0 amide bonds. The molecule has 0 saturated carbocycles. The predicted molar refractivity (Wildman–Crippen MR) is 50.0 cm³/mol. The Morgan fingerprint density at radius 1 is 1.13 bits per heavy atom. The topological polar surface area (TPSA) is 99.4 Å². The Balaban J connectivity index is 2.65. The Morgan fingerprint density at radius 3 is 2.20 bits per heavy atom. The van der Waals surface area contributed by atoms with Crippen molar-refractivity contribution in [2.75, 3.05) is 6.61 Å². The van der Waals surface area contributed by atoms with E-state index >= 15 is 0 Å². The minimum absolute atomic E-state index is 0.188. The van der Waals surface area contributed by atoms with Crippen LogP contribution in [0.25, 0.3) is 0 Å². The van der Waals surface area contributed by atoms with E-state index in [0.717, 1.165) is 0 Å². The summed E-state index contributed by atoms with van der Waals surface area (Å²) in [6.45, 7) is 3.06. The van der Waals surface area contributed by atoms with Crippen molar-refractivity contribution >= 4 is 0 Å². The standard InChI is InChI=1S/C9H18O6/c1-4(2)14-9-8(13)7(12)6(11)5(3-10)15-9/h4-13H,3H2,1-2H3/t5?,6-,7-,8-,9?/m0/s1. The molecule has 0 aromatic carbocycles. The van der Waals surface area contributed by atoms with Crippen molar-refractivity contribution in [1.82, 2.24) is 0 Å². The first-order chi connectivity index (χ1) is 6.97. The van der Waals surface area contributed by atoms with E-state index in [0.29, 0.717) is 0 Å². The minimum Gasteiger partial charge on any atom is -0.394 e. The molecule has 2 unspecified atom stereocenters. The third-order valence-electron chi connectivity index (χ3n) is 2.25. The normalized spacial score (nSPS) is 42.2. The van der Waals surface area contributed by atoms with E-state index in [2.05, 4.69) is 0 Å². The lowest BCUT2D eigenvalue weighted by molar-refractivity contribution is -0.308. The van der Waals surface area contributed by atoms with Crippen LogP contribution in [0.5, 0.6) is 0 Å². The Morgan fingerprint density at radius 2 is 1.73 bits per heavy atom. The number of hydrogen-bond donors (Lipinski definition) is 4. The summed E-state index contributed by atoms with van der Waals surface area (Å²) in [5.74, 6) is 0. The second kappa shape index (κ2) is 5.20. The van der Waals surface area contributed by atoms with E-state index in [1.54, 1.807) is 13.8 Å². The SMILES string of the molecule is CC(C)OC1OC(CO)[C@H](O)[C@H](O)[C@@H]1O. The summed E-state index contributed by atoms with van der Waals surface area (Å²) in [4.78, 5) is 0. The molecule has 90 valence electrons. The maximum atomic E-state index is 9.53. The predicted octanol–water partition coefficient (Wildman–Crippen LogP) is -1.79. The largest absolute Gasteiger partial charge is 0.394 e. The summed E-state index contributed by atoms with van der Waals surface area (Å²) in [5, 5.41) is 37.3. The quantitative estimate of drug-likeness (QED) is 0.450. The molecule has 1 aliphatic heterocycles. The van der Waals surface area contributed by atoms with Crippen molar-refractivity contribution < 1.29 is 29.9 Å². The zero-order chi connectivity index (χ0) is 11.6. The third kappa shape index (κ3) is 2.87. The van der Waals surface area contributed by atoms with E-state index in [1.165, 1.54) is 0 Å². The van der Waals surface area contributed by atoms with Crippen LogP contribution < -0.4 is 0 Å².